The van der Waals surface area contributed by atoms with Gasteiger partial charge in [0.15, 0.2) is 0 Å². The van der Waals surface area contributed by atoms with Gasteiger partial charge in [0, 0.05) is 80.9 Å². The molecular weight excluding hydrogens is 1010 g/mol. The number of aliphatic hydroxyl groups excluding tert-OH is 1. The molecule has 0 bridgehead atoms. The van der Waals surface area contributed by atoms with E-state index >= 15 is 0 Å². The first-order valence-electron chi connectivity index (χ1n) is 26.1. The minimum Gasteiger partial charge on any atom is -0.391 e. The summed E-state index contributed by atoms with van der Waals surface area (Å²) in [5, 5.41) is 32.4. The number of aliphatic hydroxyl groups is 1. The summed E-state index contributed by atoms with van der Waals surface area (Å²) in [6, 6.07) is 23.0. The van der Waals surface area contributed by atoms with Gasteiger partial charge in [-0.3, -0.25) is 34.1 Å². The van der Waals surface area contributed by atoms with Crippen molar-refractivity contribution in [1.29, 1.82) is 0 Å². The number of hydrogen-bond donors (Lipinski definition) is 8. The van der Waals surface area contributed by atoms with Crippen LogP contribution in [0.15, 0.2) is 72.8 Å². The van der Waals surface area contributed by atoms with E-state index in [2.05, 4.69) is 68.4 Å². The minimum absolute atomic E-state index is 0.00694. The van der Waals surface area contributed by atoms with E-state index in [1.165, 1.54) is 14.8 Å². The number of nitrogens with one attached hydrogen (secondary N) is 7. The van der Waals surface area contributed by atoms with E-state index in [9.17, 15) is 42.3 Å². The Morgan fingerprint density at radius 1 is 0.787 bits per heavy atom. The molecule has 0 spiro atoms. The third-order valence-electron chi connectivity index (χ3n) is 14.3. The van der Waals surface area contributed by atoms with Crippen LogP contribution in [-0.4, -0.2) is 132 Å². The van der Waals surface area contributed by atoms with Crippen molar-refractivity contribution < 1.29 is 42.3 Å². The van der Waals surface area contributed by atoms with E-state index in [0.717, 1.165) is 58.5 Å². The molecule has 0 radical (unpaired) electrons. The molecule has 408 valence electrons. The molecule has 4 aliphatic rings. The molecule has 8 N–H and O–H groups in total. The topological polar surface area (TPSA) is 247 Å². The van der Waals surface area contributed by atoms with Gasteiger partial charge in [-0.25, -0.2) is 12.7 Å². The van der Waals surface area contributed by atoms with Crippen LogP contribution in [0, 0.1) is 11.3 Å². The largest absolute Gasteiger partial charge is 0.391 e. The van der Waals surface area contributed by atoms with Gasteiger partial charge < -0.3 is 41.9 Å². The third-order valence-corrected chi connectivity index (χ3v) is 18.0. The number of thioether (sulfide) groups is 2. The SMILES string of the molecule is CC1NCSC1c1ccc(CNC(=O)[C@@H]2C[C@@H](O)CN2C(=O)[C@@H](NC(=O)CCCCCCC(=O)NCc2cccc(-c3cccc(C4CSC(NC(=O)CNC(=O)C5CCN(S(C)(=O)=O)C5)N4)c3)c2)C(C)(C)C)cc1. The van der Waals surface area contributed by atoms with Gasteiger partial charge in [-0.1, -0.05) is 94.3 Å². The average molecular weight is 1090 g/mol. The summed E-state index contributed by atoms with van der Waals surface area (Å²) in [7, 11) is -3.37. The molecule has 0 aliphatic carbocycles. The highest BCUT2D eigenvalue weighted by atomic mass is 32.2. The lowest BCUT2D eigenvalue weighted by atomic mass is 9.85. The number of likely N-dealkylation sites (tertiary alicyclic amines) is 1. The summed E-state index contributed by atoms with van der Waals surface area (Å²) in [6.45, 7) is 8.64. The molecule has 75 heavy (non-hydrogen) atoms. The number of benzene rings is 3. The highest BCUT2D eigenvalue weighted by Gasteiger charge is 2.44. The zero-order valence-corrected chi connectivity index (χ0v) is 46.1. The maximum Gasteiger partial charge on any atom is 0.246 e. The van der Waals surface area contributed by atoms with Gasteiger partial charge in [0.2, 0.25) is 45.5 Å². The van der Waals surface area contributed by atoms with Crippen LogP contribution in [0.4, 0.5) is 0 Å². The van der Waals surface area contributed by atoms with Gasteiger partial charge >= 0.3 is 0 Å². The van der Waals surface area contributed by atoms with Gasteiger partial charge in [-0.2, -0.15) is 0 Å². The lowest BCUT2D eigenvalue weighted by molar-refractivity contribution is -0.144. The highest BCUT2D eigenvalue weighted by molar-refractivity contribution is 8.00. The number of unbranched alkanes of at least 4 members (excludes halogenated alkanes) is 3. The fourth-order valence-corrected chi connectivity index (χ4v) is 13.2. The first-order chi connectivity index (χ1) is 35.7. The molecule has 18 nitrogen and oxygen atoms in total. The van der Waals surface area contributed by atoms with Crippen LogP contribution < -0.4 is 37.2 Å². The van der Waals surface area contributed by atoms with Crippen molar-refractivity contribution in [2.45, 2.75) is 133 Å². The van der Waals surface area contributed by atoms with Gasteiger partial charge in [-0.05, 0) is 77.1 Å². The van der Waals surface area contributed by atoms with Gasteiger partial charge in [-0.15, -0.1) is 23.5 Å². The van der Waals surface area contributed by atoms with Crippen LogP contribution in [0.3, 0.4) is 0 Å². The van der Waals surface area contributed by atoms with Crippen molar-refractivity contribution in [2.75, 3.05) is 44.1 Å². The van der Waals surface area contributed by atoms with Gasteiger partial charge in [0.1, 0.15) is 17.6 Å². The van der Waals surface area contributed by atoms with Crippen molar-refractivity contribution in [2.24, 2.45) is 11.3 Å². The van der Waals surface area contributed by atoms with E-state index in [-0.39, 0.29) is 86.6 Å². The second-order valence-corrected chi connectivity index (χ2v) is 25.5. The molecule has 0 saturated carbocycles. The number of nitrogens with zero attached hydrogens (tertiary/aromatic N) is 2. The molecular formula is C54H75N9O9S3. The number of sulfonamides is 1. The summed E-state index contributed by atoms with van der Waals surface area (Å²) >= 11 is 3.43. The Balaban J connectivity index is 0.781. The number of β-amino-alcohol motifs (C(OH)–C–C–N with tert-alkyl or cyclic N) is 1. The van der Waals surface area contributed by atoms with E-state index in [4.69, 9.17) is 0 Å². The Labute approximate surface area is 450 Å². The highest BCUT2D eigenvalue weighted by Crippen LogP contribution is 2.36. The summed E-state index contributed by atoms with van der Waals surface area (Å²) in [5.74, 6) is -0.591. The second kappa shape index (κ2) is 26.3. The summed E-state index contributed by atoms with van der Waals surface area (Å²) in [6.07, 6.45) is 4.10. The smallest absolute Gasteiger partial charge is 0.246 e. The monoisotopic (exact) mass is 1090 g/mol. The molecule has 3 aromatic carbocycles. The summed E-state index contributed by atoms with van der Waals surface area (Å²) in [4.78, 5) is 80.4. The van der Waals surface area contributed by atoms with Crippen LogP contribution >= 0.6 is 23.5 Å². The molecule has 4 heterocycles. The fourth-order valence-electron chi connectivity index (χ4n) is 9.90. The Kier molecular flexibility index (Phi) is 20.3. The third kappa shape index (κ3) is 16.5. The van der Waals surface area contributed by atoms with E-state index in [1.807, 2.05) is 81.1 Å². The molecule has 5 unspecified atom stereocenters. The predicted octanol–water partition coefficient (Wildman–Crippen LogP) is 4.02. The van der Waals surface area contributed by atoms with Crippen molar-refractivity contribution >= 4 is 69.0 Å². The number of rotatable bonds is 22. The first kappa shape index (κ1) is 57.7. The maximum absolute atomic E-state index is 14.1. The number of carbonyl (C=O) groups excluding carboxylic acids is 6. The molecule has 7 rings (SSSR count). The first-order valence-corrected chi connectivity index (χ1v) is 30.0. The fraction of sp³-hybridized carbons (Fsp3) is 0.556. The lowest BCUT2D eigenvalue weighted by Crippen LogP contribution is -2.57. The van der Waals surface area contributed by atoms with Gasteiger partial charge in [0.05, 0.1) is 24.8 Å². The molecule has 4 fully saturated rings. The molecule has 4 saturated heterocycles. The Morgan fingerprint density at radius 2 is 1.48 bits per heavy atom. The van der Waals surface area contributed by atoms with Crippen LogP contribution in [0.5, 0.6) is 0 Å². The van der Waals surface area contributed by atoms with Crippen LogP contribution in [0.1, 0.15) is 113 Å². The Morgan fingerprint density at radius 3 is 2.16 bits per heavy atom. The molecule has 6 amide bonds. The quantitative estimate of drug-likeness (QED) is 0.0664. The lowest BCUT2D eigenvalue weighted by Gasteiger charge is -2.35. The molecule has 0 aromatic heterocycles. The molecule has 3 aromatic rings. The normalized spacial score (nSPS) is 23.4. The van der Waals surface area contributed by atoms with Crippen molar-refractivity contribution in [3.63, 3.8) is 0 Å². The zero-order chi connectivity index (χ0) is 53.9. The number of carbonyl (C=O) groups is 6. The minimum atomic E-state index is -3.37. The van der Waals surface area contributed by atoms with Crippen molar-refractivity contribution in [3.05, 3.63) is 95.1 Å². The summed E-state index contributed by atoms with van der Waals surface area (Å²) < 4.78 is 24.9. The Bertz CT molecular complexity index is 2620. The molecule has 8 atom stereocenters. The maximum atomic E-state index is 14.1. The molecule has 4 aliphatic heterocycles. The van der Waals surface area contributed by atoms with Crippen LogP contribution in [-0.2, 0) is 51.9 Å². The zero-order valence-electron chi connectivity index (χ0n) is 43.7. The van der Waals surface area contributed by atoms with Gasteiger partial charge in [0.25, 0.3) is 0 Å². The van der Waals surface area contributed by atoms with Crippen LogP contribution in [0.25, 0.3) is 11.1 Å². The number of hydrogen-bond acceptors (Lipinski definition) is 13. The second-order valence-electron chi connectivity index (χ2n) is 21.3. The van der Waals surface area contributed by atoms with Crippen molar-refractivity contribution in [3.8, 4) is 11.1 Å². The summed E-state index contributed by atoms with van der Waals surface area (Å²) in [5.41, 5.74) is 5.18. The van der Waals surface area contributed by atoms with E-state index < -0.39 is 45.5 Å². The van der Waals surface area contributed by atoms with Crippen LogP contribution in [0.2, 0.25) is 0 Å². The average Bonchev–Trinajstić information content (AvgIpc) is 4.23. The van der Waals surface area contributed by atoms with Crippen molar-refractivity contribution in [1.82, 2.24) is 46.4 Å². The predicted molar refractivity (Wildman–Crippen MR) is 293 cm³/mol. The number of amides is 6. The van der Waals surface area contributed by atoms with E-state index in [1.54, 1.807) is 11.8 Å². The van der Waals surface area contributed by atoms with E-state index in [0.29, 0.717) is 43.5 Å². The Hall–Kier alpha value is -5.03. The molecule has 21 heteroatoms. The standard InChI is InChI=1S/C54H75N9O9S3/c1-34-48(74-33-58-34)37-20-18-35(19-21-37)27-56-51(69)44-26-42(64)31-63(44)52(70)49(54(2,3)4)60-46(66)17-9-7-6-8-16-45(65)55-28-36-12-10-13-38(24-36)39-14-11-15-40(25-39)43-32-73-53(59-43)61-47(67)29-57-50(68)41-22-23-62(30-41)75(5,71)72/h10-15,18-21,24-25,34,41-44,48-49,53,58-59,64H,6-9,16-17,22-23,26-33H2,1-5H3,(H,55,65)(H,56,69)(H,57,68)(H,60,66)(H,61,67)/t34?,41?,42-,43?,44+,48?,49-,53?/m1/s1.